The Morgan fingerprint density at radius 3 is 2.58 bits per heavy atom. The number of rotatable bonds is 7. The molecular formula is C29H28N8O. The molecule has 3 N–H and O–H groups in total. The highest BCUT2D eigenvalue weighted by Crippen LogP contribution is 2.30. The molecule has 0 saturated heterocycles. The van der Waals surface area contributed by atoms with Crippen molar-refractivity contribution in [3.05, 3.63) is 84.7 Å². The van der Waals surface area contributed by atoms with Crippen LogP contribution in [-0.2, 0) is 4.79 Å². The van der Waals surface area contributed by atoms with Gasteiger partial charge in [-0.1, -0.05) is 38.1 Å². The normalized spacial score (nSPS) is 12.4. The lowest BCUT2D eigenvalue weighted by Crippen LogP contribution is -2.26. The van der Waals surface area contributed by atoms with Crippen molar-refractivity contribution in [1.29, 1.82) is 0 Å². The van der Waals surface area contributed by atoms with Gasteiger partial charge in [-0.2, -0.15) is 5.10 Å². The van der Waals surface area contributed by atoms with Crippen molar-refractivity contribution in [2.24, 2.45) is 5.92 Å². The van der Waals surface area contributed by atoms with E-state index in [0.717, 1.165) is 50.2 Å². The van der Waals surface area contributed by atoms with E-state index in [2.05, 4.69) is 37.0 Å². The average molecular weight is 505 g/mol. The van der Waals surface area contributed by atoms with E-state index >= 15 is 0 Å². The molecule has 0 radical (unpaired) electrons. The molecule has 190 valence electrons. The third-order valence-corrected chi connectivity index (χ3v) is 5.91. The van der Waals surface area contributed by atoms with Crippen molar-refractivity contribution in [3.8, 4) is 22.6 Å². The fraction of sp³-hybridized carbons (Fsp3) is 0.172. The summed E-state index contributed by atoms with van der Waals surface area (Å²) in [6.07, 6.45) is 10.9. The monoisotopic (exact) mass is 504 g/mol. The number of imidazole rings is 1. The van der Waals surface area contributed by atoms with Crippen LogP contribution >= 0.6 is 0 Å². The zero-order valence-corrected chi connectivity index (χ0v) is 21.7. The molecule has 9 heteroatoms. The van der Waals surface area contributed by atoms with Crippen LogP contribution in [0.2, 0.25) is 0 Å². The van der Waals surface area contributed by atoms with Gasteiger partial charge in [0.25, 0.3) is 0 Å². The summed E-state index contributed by atoms with van der Waals surface area (Å²) in [5.41, 5.74) is 8.53. The molecule has 5 rings (SSSR count). The molecule has 5 aromatic rings. The molecule has 0 aliphatic rings. The molecule has 5 aromatic heterocycles. The second-order valence-electron chi connectivity index (χ2n) is 9.49. The van der Waals surface area contributed by atoms with Crippen LogP contribution in [-0.4, -0.2) is 41.0 Å². The molecular weight excluding hydrogens is 476 g/mol. The number of hydrogen-bond acceptors (Lipinski definition) is 6. The number of H-pyrrole nitrogens is 2. The van der Waals surface area contributed by atoms with Gasteiger partial charge in [0.1, 0.15) is 11.0 Å². The first kappa shape index (κ1) is 24.8. The first-order valence-electron chi connectivity index (χ1n) is 12.3. The summed E-state index contributed by atoms with van der Waals surface area (Å²) in [7, 11) is 0. The van der Waals surface area contributed by atoms with Gasteiger partial charge in [-0.15, -0.1) is 0 Å². The van der Waals surface area contributed by atoms with Crippen LogP contribution in [0, 0.1) is 5.92 Å². The van der Waals surface area contributed by atoms with Crippen molar-refractivity contribution >= 4 is 33.5 Å². The second-order valence-corrected chi connectivity index (χ2v) is 9.49. The van der Waals surface area contributed by atoms with E-state index in [1.54, 1.807) is 24.8 Å². The smallest absolute Gasteiger partial charge is 0.226 e. The van der Waals surface area contributed by atoms with E-state index in [0.29, 0.717) is 17.0 Å². The molecule has 0 aliphatic carbocycles. The van der Waals surface area contributed by atoms with Crippen LogP contribution in [0.3, 0.4) is 0 Å². The number of amides is 1. The predicted octanol–water partition coefficient (Wildman–Crippen LogP) is 5.59. The number of allylic oxidation sites excluding steroid dienone is 5. The molecule has 0 saturated carbocycles. The zero-order chi connectivity index (χ0) is 26.8. The Hall–Kier alpha value is -4.92. The lowest BCUT2D eigenvalue weighted by atomic mass is 10.1. The standard InChI is InChI=1S/C29H28N8O/c1-16(2)11-20(12-18(5)32-29(38)17(3)4)22-8-9-23-26(33-22)27(37-36-23)28-34-24-15-31-14-21(25(24)35-28)19-7-6-10-30-13-19/h6-15,17H,1H2,2-5H3,(H,32,38)(H,34,35)(H,36,37)/b18-12+,20-11+. The van der Waals surface area contributed by atoms with Gasteiger partial charge in [-0.05, 0) is 38.1 Å². The van der Waals surface area contributed by atoms with Gasteiger partial charge in [0.2, 0.25) is 5.91 Å². The largest absolute Gasteiger partial charge is 0.335 e. The zero-order valence-electron chi connectivity index (χ0n) is 21.7. The Balaban J connectivity index is 1.58. The fourth-order valence-corrected chi connectivity index (χ4v) is 4.07. The Kier molecular flexibility index (Phi) is 6.66. The van der Waals surface area contributed by atoms with E-state index < -0.39 is 0 Å². The Morgan fingerprint density at radius 2 is 1.84 bits per heavy atom. The van der Waals surface area contributed by atoms with Crippen molar-refractivity contribution in [2.45, 2.75) is 27.7 Å². The van der Waals surface area contributed by atoms with Gasteiger partial charge in [-0.25, -0.2) is 9.97 Å². The van der Waals surface area contributed by atoms with Crippen LogP contribution < -0.4 is 5.32 Å². The van der Waals surface area contributed by atoms with Crippen molar-refractivity contribution < 1.29 is 4.79 Å². The summed E-state index contributed by atoms with van der Waals surface area (Å²) >= 11 is 0. The van der Waals surface area contributed by atoms with Gasteiger partial charge >= 0.3 is 0 Å². The van der Waals surface area contributed by atoms with Crippen LogP contribution in [0.5, 0.6) is 0 Å². The first-order chi connectivity index (χ1) is 18.3. The Bertz CT molecular complexity index is 1720. The van der Waals surface area contributed by atoms with Crippen LogP contribution in [0.25, 0.3) is 50.3 Å². The highest BCUT2D eigenvalue weighted by Gasteiger charge is 2.17. The minimum absolute atomic E-state index is 0.0426. The minimum Gasteiger partial charge on any atom is -0.335 e. The van der Waals surface area contributed by atoms with Gasteiger partial charge < -0.3 is 10.3 Å². The van der Waals surface area contributed by atoms with E-state index in [1.165, 1.54) is 0 Å². The van der Waals surface area contributed by atoms with Gasteiger partial charge in [-0.3, -0.25) is 19.9 Å². The molecule has 0 fully saturated rings. The van der Waals surface area contributed by atoms with Crippen molar-refractivity contribution in [1.82, 2.24) is 40.4 Å². The molecule has 0 aromatic carbocycles. The van der Waals surface area contributed by atoms with Crippen LogP contribution in [0.4, 0.5) is 0 Å². The fourth-order valence-electron chi connectivity index (χ4n) is 4.07. The molecule has 38 heavy (non-hydrogen) atoms. The van der Waals surface area contributed by atoms with Crippen molar-refractivity contribution in [2.75, 3.05) is 0 Å². The second kappa shape index (κ2) is 10.2. The SMILES string of the molecule is C=C(C)/C=C(\C=C(/C)NC(=O)C(C)C)c1ccc2[nH]nc(-c3nc4c(-c5cccnc5)cncc4[nH]3)c2n1. The van der Waals surface area contributed by atoms with Crippen LogP contribution in [0.15, 0.2) is 79.1 Å². The molecule has 0 atom stereocenters. The molecule has 1 amide bonds. The number of carbonyl (C=O) groups is 1. The molecule has 0 spiro atoms. The number of aromatic nitrogens is 7. The lowest BCUT2D eigenvalue weighted by Gasteiger charge is -2.10. The highest BCUT2D eigenvalue weighted by atomic mass is 16.1. The number of aromatic amines is 2. The number of nitrogens with one attached hydrogen (secondary N) is 3. The number of fused-ring (bicyclic) bond motifs is 2. The third kappa shape index (κ3) is 4.99. The molecule has 0 unspecified atom stereocenters. The number of hydrogen-bond donors (Lipinski definition) is 3. The number of pyridine rings is 3. The third-order valence-electron chi connectivity index (χ3n) is 5.91. The lowest BCUT2D eigenvalue weighted by molar-refractivity contribution is -0.123. The summed E-state index contributed by atoms with van der Waals surface area (Å²) in [5.74, 6) is 0.418. The Morgan fingerprint density at radius 1 is 1.00 bits per heavy atom. The van der Waals surface area contributed by atoms with Crippen LogP contribution in [0.1, 0.15) is 33.4 Å². The van der Waals surface area contributed by atoms with E-state index in [4.69, 9.17) is 9.97 Å². The van der Waals surface area contributed by atoms with E-state index in [9.17, 15) is 4.79 Å². The number of carbonyl (C=O) groups excluding carboxylic acids is 1. The van der Waals surface area contributed by atoms with E-state index in [1.807, 2.05) is 64.1 Å². The van der Waals surface area contributed by atoms with Gasteiger partial charge in [0, 0.05) is 46.9 Å². The maximum atomic E-state index is 12.2. The summed E-state index contributed by atoms with van der Waals surface area (Å²) in [6.45, 7) is 11.5. The minimum atomic E-state index is -0.118. The average Bonchev–Trinajstić information content (AvgIpc) is 3.52. The first-order valence-corrected chi connectivity index (χ1v) is 12.3. The van der Waals surface area contributed by atoms with Crippen molar-refractivity contribution in [3.63, 3.8) is 0 Å². The number of nitrogens with zero attached hydrogens (tertiary/aromatic N) is 5. The maximum absolute atomic E-state index is 12.2. The summed E-state index contributed by atoms with van der Waals surface area (Å²) in [6, 6.07) is 7.71. The summed E-state index contributed by atoms with van der Waals surface area (Å²) < 4.78 is 0. The predicted molar refractivity (Wildman–Crippen MR) is 150 cm³/mol. The Labute approximate surface area is 219 Å². The van der Waals surface area contributed by atoms with E-state index in [-0.39, 0.29) is 11.8 Å². The molecule has 0 aliphatic heterocycles. The molecule has 9 nitrogen and oxygen atoms in total. The van der Waals surface area contributed by atoms with Gasteiger partial charge in [0.05, 0.1) is 22.9 Å². The summed E-state index contributed by atoms with van der Waals surface area (Å²) in [5, 5.41) is 10.5. The highest BCUT2D eigenvalue weighted by molar-refractivity contribution is 5.95. The molecule has 0 bridgehead atoms. The molecule has 5 heterocycles. The van der Waals surface area contributed by atoms with Gasteiger partial charge in [0.15, 0.2) is 11.5 Å². The quantitative estimate of drug-likeness (QED) is 0.248. The topological polar surface area (TPSA) is 125 Å². The summed E-state index contributed by atoms with van der Waals surface area (Å²) in [4.78, 5) is 33.9. The maximum Gasteiger partial charge on any atom is 0.226 e.